The van der Waals surface area contributed by atoms with E-state index in [2.05, 4.69) is 46.6 Å². The fourth-order valence-corrected chi connectivity index (χ4v) is 4.03. The molecule has 38 heavy (non-hydrogen) atoms. The highest BCUT2D eigenvalue weighted by molar-refractivity contribution is 6.07. The van der Waals surface area contributed by atoms with Crippen molar-refractivity contribution in [3.8, 4) is 11.1 Å². The fraction of sp³-hybridized carbons (Fsp3) is 0.375. The zero-order valence-electron chi connectivity index (χ0n) is 21.2. The second-order valence-electron chi connectivity index (χ2n) is 9.92. The van der Waals surface area contributed by atoms with Crippen LogP contribution in [0.3, 0.4) is 0 Å². The monoisotopic (exact) mass is 531 g/mol. The van der Waals surface area contributed by atoms with Gasteiger partial charge in [0.1, 0.15) is 24.6 Å². The summed E-state index contributed by atoms with van der Waals surface area (Å²) in [5, 5.41) is 17.7. The molecule has 0 bridgehead atoms. The number of nitrogens with zero attached hydrogens (tertiary/aromatic N) is 5. The number of hydrogen-bond acceptors (Lipinski definition) is 7. The predicted octanol–water partition coefficient (Wildman–Crippen LogP) is 3.46. The van der Waals surface area contributed by atoms with Crippen LogP contribution >= 0.6 is 0 Å². The third kappa shape index (κ3) is 5.79. The lowest BCUT2D eigenvalue weighted by atomic mass is 9.88. The first-order chi connectivity index (χ1) is 17.7. The maximum absolute atomic E-state index is 12.7. The number of urea groups is 1. The first-order valence-corrected chi connectivity index (χ1v) is 11.7. The van der Waals surface area contributed by atoms with Crippen molar-refractivity contribution >= 4 is 34.7 Å². The molecule has 11 nitrogen and oxygen atoms in total. The third-order valence-electron chi connectivity index (χ3n) is 6.01. The highest BCUT2D eigenvalue weighted by atomic mass is 19.4. The molecule has 1 aliphatic rings. The molecule has 5 N–H and O–H groups in total. The number of carbonyl (C=O) groups is 2. The van der Waals surface area contributed by atoms with Gasteiger partial charge in [-0.3, -0.25) is 9.80 Å². The SMILES string of the molecule is CN1N=C(C(C)(C)C)CC1NC(=O)Nc1ccc(-c2c(C(=O)NCC(F)(F)F)cn3ncnc(N)c23)cc1. The lowest BCUT2D eigenvalue weighted by Crippen LogP contribution is -2.44. The summed E-state index contributed by atoms with van der Waals surface area (Å²) >= 11 is 0. The average molecular weight is 532 g/mol. The number of alkyl halides is 3. The average Bonchev–Trinajstić information content (AvgIpc) is 3.39. The number of hydrazone groups is 1. The highest BCUT2D eigenvalue weighted by Gasteiger charge is 2.32. The van der Waals surface area contributed by atoms with Gasteiger partial charge in [0.25, 0.3) is 5.91 Å². The number of nitrogens with one attached hydrogen (secondary N) is 3. The number of amides is 3. The Morgan fingerprint density at radius 3 is 2.45 bits per heavy atom. The fourth-order valence-electron chi connectivity index (χ4n) is 4.03. The van der Waals surface area contributed by atoms with E-state index in [1.54, 1.807) is 36.3 Å². The first-order valence-electron chi connectivity index (χ1n) is 11.7. The Morgan fingerprint density at radius 2 is 1.84 bits per heavy atom. The molecule has 1 aromatic carbocycles. The van der Waals surface area contributed by atoms with Crippen molar-refractivity contribution in [1.82, 2.24) is 30.2 Å². The van der Waals surface area contributed by atoms with E-state index < -0.39 is 24.7 Å². The number of anilines is 2. The minimum Gasteiger partial charge on any atom is -0.382 e. The number of nitrogen functional groups attached to an aromatic ring is 1. The summed E-state index contributed by atoms with van der Waals surface area (Å²) in [5.74, 6) is -0.898. The molecule has 0 aliphatic carbocycles. The Kier molecular flexibility index (Phi) is 6.91. The van der Waals surface area contributed by atoms with Crippen molar-refractivity contribution in [2.45, 2.75) is 39.5 Å². The zero-order valence-corrected chi connectivity index (χ0v) is 21.2. The molecule has 0 saturated carbocycles. The molecule has 2 aromatic heterocycles. The van der Waals surface area contributed by atoms with E-state index in [0.717, 1.165) is 5.71 Å². The second-order valence-corrected chi connectivity index (χ2v) is 9.92. The summed E-state index contributed by atoms with van der Waals surface area (Å²) in [4.78, 5) is 29.2. The van der Waals surface area contributed by atoms with Gasteiger partial charge in [-0.1, -0.05) is 32.9 Å². The first kappa shape index (κ1) is 26.7. The Balaban J connectivity index is 1.53. The van der Waals surface area contributed by atoms with E-state index in [1.807, 2.05) is 5.32 Å². The molecule has 0 fully saturated rings. The second kappa shape index (κ2) is 9.84. The van der Waals surface area contributed by atoms with E-state index in [0.29, 0.717) is 17.7 Å². The Labute approximate surface area is 216 Å². The summed E-state index contributed by atoms with van der Waals surface area (Å²) in [5.41, 5.74) is 8.27. The van der Waals surface area contributed by atoms with Gasteiger partial charge in [-0.05, 0) is 17.7 Å². The number of nitrogens with two attached hydrogens (primary N) is 1. The Bertz CT molecular complexity index is 1390. The topological polar surface area (TPSA) is 142 Å². The number of carbonyl (C=O) groups excluding carboxylic acids is 2. The van der Waals surface area contributed by atoms with Gasteiger partial charge in [-0.2, -0.15) is 23.4 Å². The highest BCUT2D eigenvalue weighted by Crippen LogP contribution is 2.33. The van der Waals surface area contributed by atoms with Gasteiger partial charge in [-0.15, -0.1) is 0 Å². The molecule has 1 atom stereocenters. The minimum absolute atomic E-state index is 0.0454. The predicted molar refractivity (Wildman–Crippen MR) is 136 cm³/mol. The van der Waals surface area contributed by atoms with Crippen molar-refractivity contribution in [3.05, 3.63) is 42.4 Å². The molecule has 1 unspecified atom stereocenters. The smallest absolute Gasteiger partial charge is 0.382 e. The molecule has 3 amide bonds. The molecule has 14 heteroatoms. The summed E-state index contributed by atoms with van der Waals surface area (Å²) in [7, 11) is 1.79. The van der Waals surface area contributed by atoms with Gasteiger partial charge in [0, 0.05) is 42.0 Å². The van der Waals surface area contributed by atoms with Crippen LogP contribution in [0.4, 0.5) is 29.5 Å². The van der Waals surface area contributed by atoms with Crippen LogP contribution in [0, 0.1) is 5.41 Å². The van der Waals surface area contributed by atoms with E-state index in [1.165, 1.54) is 17.0 Å². The van der Waals surface area contributed by atoms with Crippen LogP contribution in [0.25, 0.3) is 16.6 Å². The van der Waals surface area contributed by atoms with Crippen LogP contribution in [0.1, 0.15) is 37.6 Å². The van der Waals surface area contributed by atoms with Crippen LogP contribution in [0.2, 0.25) is 0 Å². The van der Waals surface area contributed by atoms with Gasteiger partial charge < -0.3 is 21.7 Å². The Hall–Kier alpha value is -4.36. The van der Waals surface area contributed by atoms with Crippen LogP contribution in [0.5, 0.6) is 0 Å². The van der Waals surface area contributed by atoms with Crippen LogP contribution in [-0.4, -0.2) is 63.2 Å². The van der Waals surface area contributed by atoms with Crippen LogP contribution in [-0.2, 0) is 0 Å². The van der Waals surface area contributed by atoms with Gasteiger partial charge in [-0.25, -0.2) is 14.3 Å². The maximum Gasteiger partial charge on any atom is 0.405 e. The lowest BCUT2D eigenvalue weighted by molar-refractivity contribution is -0.123. The number of halogens is 3. The van der Waals surface area contributed by atoms with Crippen molar-refractivity contribution in [3.63, 3.8) is 0 Å². The van der Waals surface area contributed by atoms with Crippen molar-refractivity contribution < 1.29 is 22.8 Å². The summed E-state index contributed by atoms with van der Waals surface area (Å²) in [6, 6.07) is 6.00. The molecule has 3 heterocycles. The molecule has 3 aromatic rings. The summed E-state index contributed by atoms with van der Waals surface area (Å²) in [6.07, 6.45) is -1.81. The largest absolute Gasteiger partial charge is 0.405 e. The quantitative estimate of drug-likeness (QED) is 0.397. The lowest BCUT2D eigenvalue weighted by Gasteiger charge is -2.21. The normalized spacial score (nSPS) is 15.9. The summed E-state index contributed by atoms with van der Waals surface area (Å²) in [6.45, 7) is 4.69. The molecular weight excluding hydrogens is 503 g/mol. The number of fused-ring (bicyclic) bond motifs is 1. The van der Waals surface area contributed by atoms with Crippen molar-refractivity contribution in [2.75, 3.05) is 24.6 Å². The van der Waals surface area contributed by atoms with Gasteiger partial charge in [0.2, 0.25) is 0 Å². The van der Waals surface area contributed by atoms with Crippen LogP contribution in [0.15, 0.2) is 41.9 Å². The third-order valence-corrected chi connectivity index (χ3v) is 6.01. The molecule has 0 saturated heterocycles. The van der Waals surface area contributed by atoms with Gasteiger partial charge >= 0.3 is 12.2 Å². The zero-order chi connectivity index (χ0) is 27.8. The molecule has 202 valence electrons. The molecule has 0 radical (unpaired) electrons. The van der Waals surface area contributed by atoms with E-state index >= 15 is 0 Å². The molecule has 4 rings (SSSR count). The number of hydrogen-bond donors (Lipinski definition) is 4. The van der Waals surface area contributed by atoms with Crippen LogP contribution < -0.4 is 21.7 Å². The van der Waals surface area contributed by atoms with Crippen molar-refractivity contribution in [1.29, 1.82) is 0 Å². The minimum atomic E-state index is -4.57. The van der Waals surface area contributed by atoms with Gasteiger partial charge in [0.15, 0.2) is 5.82 Å². The van der Waals surface area contributed by atoms with E-state index in [4.69, 9.17) is 5.73 Å². The standard InChI is InChI=1S/C24H28F3N9O2/c1-23(2,3)16-9-17(35(4)34-16)33-22(38)32-14-7-5-13(6-8-14)18-15(21(37)29-11-24(25,26)27)10-36-19(18)20(28)30-12-31-36/h5-8,10,12,17H,9,11H2,1-4H3,(H,29,37)(H2,28,30,31)(H2,32,33,38). The molecular formula is C24H28F3N9O2. The van der Waals surface area contributed by atoms with E-state index in [-0.39, 0.29) is 34.0 Å². The number of rotatable bonds is 5. The maximum atomic E-state index is 12.7. The molecule has 0 spiro atoms. The van der Waals surface area contributed by atoms with E-state index in [9.17, 15) is 22.8 Å². The van der Waals surface area contributed by atoms with Crippen molar-refractivity contribution in [2.24, 2.45) is 10.5 Å². The number of benzene rings is 1. The Morgan fingerprint density at radius 1 is 1.16 bits per heavy atom. The molecule has 1 aliphatic heterocycles. The summed E-state index contributed by atoms with van der Waals surface area (Å²) < 4.78 is 39.3. The number of aromatic nitrogens is 3. The van der Waals surface area contributed by atoms with Gasteiger partial charge in [0.05, 0.1) is 5.56 Å².